The number of hydrogen-bond donors (Lipinski definition) is 1. The van der Waals surface area contributed by atoms with Gasteiger partial charge in [0.1, 0.15) is 5.75 Å². The first-order valence-corrected chi connectivity index (χ1v) is 7.65. The predicted molar refractivity (Wildman–Crippen MR) is 85.3 cm³/mol. The third-order valence-electron chi connectivity index (χ3n) is 4.20. The number of pyridine rings is 1. The second-order valence-corrected chi connectivity index (χ2v) is 5.66. The van der Waals surface area contributed by atoms with Gasteiger partial charge in [-0.3, -0.25) is 9.59 Å². The maximum Gasteiger partial charge on any atom is 0.251 e. The predicted octanol–water partition coefficient (Wildman–Crippen LogP) is 2.09. The molecule has 5 heteroatoms. The molecule has 116 valence electrons. The highest BCUT2D eigenvalue weighted by Crippen LogP contribution is 2.19. The Morgan fingerprint density at radius 2 is 2.05 bits per heavy atom. The summed E-state index contributed by atoms with van der Waals surface area (Å²) < 4.78 is 5.21. The fraction of sp³-hybridized carbons (Fsp3) is 0.412. The summed E-state index contributed by atoms with van der Waals surface area (Å²) in [6.07, 6.45) is 3.03. The zero-order valence-electron chi connectivity index (χ0n) is 12.7. The standard InChI is InChI=1S/C17H20N2O3/c1-22-14-5-6-15-13(11-14)10-12(17(21)18-15)4-7-16(20)19-8-2-3-9-19/h5-6,10-11H,2-4,7-9H2,1H3,(H,18,21). The molecule has 0 radical (unpaired) electrons. The third-order valence-corrected chi connectivity index (χ3v) is 4.20. The van der Waals surface area contributed by atoms with Crippen LogP contribution in [-0.4, -0.2) is 36.0 Å². The van der Waals surface area contributed by atoms with Crippen molar-refractivity contribution in [3.8, 4) is 5.75 Å². The molecule has 1 aromatic heterocycles. The van der Waals surface area contributed by atoms with Gasteiger partial charge in [-0.2, -0.15) is 0 Å². The van der Waals surface area contributed by atoms with E-state index in [1.54, 1.807) is 7.11 Å². The first-order valence-electron chi connectivity index (χ1n) is 7.65. The number of benzene rings is 1. The molecule has 0 bridgehead atoms. The molecule has 5 nitrogen and oxygen atoms in total. The van der Waals surface area contributed by atoms with Crippen molar-refractivity contribution in [1.29, 1.82) is 0 Å². The summed E-state index contributed by atoms with van der Waals surface area (Å²) in [6.45, 7) is 1.70. The number of ether oxygens (including phenoxy) is 1. The molecule has 1 aliphatic rings. The highest BCUT2D eigenvalue weighted by atomic mass is 16.5. The second-order valence-electron chi connectivity index (χ2n) is 5.66. The van der Waals surface area contributed by atoms with Crippen molar-refractivity contribution < 1.29 is 9.53 Å². The number of likely N-dealkylation sites (tertiary alicyclic amines) is 1. The van der Waals surface area contributed by atoms with Gasteiger partial charge in [0.05, 0.1) is 7.11 Å². The van der Waals surface area contributed by atoms with Crippen LogP contribution in [0, 0.1) is 0 Å². The fourth-order valence-corrected chi connectivity index (χ4v) is 2.91. The van der Waals surface area contributed by atoms with Crippen molar-refractivity contribution in [3.05, 3.63) is 40.2 Å². The number of rotatable bonds is 4. The summed E-state index contributed by atoms with van der Waals surface area (Å²) in [5, 5.41) is 0.919. The molecule has 1 amide bonds. The van der Waals surface area contributed by atoms with Gasteiger partial charge in [-0.05, 0) is 43.5 Å². The Morgan fingerprint density at radius 3 is 2.77 bits per heavy atom. The number of carbonyl (C=O) groups is 1. The van der Waals surface area contributed by atoms with Gasteiger partial charge in [-0.1, -0.05) is 0 Å². The average Bonchev–Trinajstić information content (AvgIpc) is 3.06. The van der Waals surface area contributed by atoms with Crippen LogP contribution < -0.4 is 10.3 Å². The van der Waals surface area contributed by atoms with Crippen LogP contribution in [-0.2, 0) is 11.2 Å². The monoisotopic (exact) mass is 300 g/mol. The van der Waals surface area contributed by atoms with Gasteiger partial charge < -0.3 is 14.6 Å². The van der Waals surface area contributed by atoms with Crippen LogP contribution >= 0.6 is 0 Å². The SMILES string of the molecule is COc1ccc2[nH]c(=O)c(CCC(=O)N3CCCC3)cc2c1. The number of aromatic amines is 1. The molecule has 0 spiro atoms. The number of carbonyl (C=O) groups excluding carboxylic acids is 1. The van der Waals surface area contributed by atoms with E-state index in [2.05, 4.69) is 4.98 Å². The lowest BCUT2D eigenvalue weighted by atomic mass is 10.1. The first kappa shape index (κ1) is 14.6. The Hall–Kier alpha value is -2.30. The van der Waals surface area contributed by atoms with Crippen LogP contribution in [0.2, 0.25) is 0 Å². The summed E-state index contributed by atoms with van der Waals surface area (Å²) in [7, 11) is 1.61. The van der Waals surface area contributed by atoms with Gasteiger partial charge in [-0.15, -0.1) is 0 Å². The molecule has 22 heavy (non-hydrogen) atoms. The Balaban J connectivity index is 1.79. The van der Waals surface area contributed by atoms with Crippen LogP contribution in [0.4, 0.5) is 0 Å². The molecule has 0 atom stereocenters. The molecule has 1 aromatic carbocycles. The van der Waals surface area contributed by atoms with E-state index in [9.17, 15) is 9.59 Å². The summed E-state index contributed by atoms with van der Waals surface area (Å²) in [5.74, 6) is 0.890. The Labute approximate surface area is 128 Å². The third kappa shape index (κ3) is 2.98. The number of fused-ring (bicyclic) bond motifs is 1. The van der Waals surface area contributed by atoms with Gasteiger partial charge in [0.15, 0.2) is 0 Å². The van der Waals surface area contributed by atoms with Crippen molar-refractivity contribution >= 4 is 16.8 Å². The van der Waals surface area contributed by atoms with E-state index in [0.29, 0.717) is 18.4 Å². The maximum absolute atomic E-state index is 12.1. The number of aromatic nitrogens is 1. The number of methoxy groups -OCH3 is 1. The van der Waals surface area contributed by atoms with Gasteiger partial charge >= 0.3 is 0 Å². The van der Waals surface area contributed by atoms with Gasteiger partial charge in [0.2, 0.25) is 5.91 Å². The van der Waals surface area contributed by atoms with Crippen LogP contribution in [0.15, 0.2) is 29.1 Å². The Bertz CT molecular complexity index is 745. The van der Waals surface area contributed by atoms with E-state index < -0.39 is 0 Å². The molecular formula is C17H20N2O3. The number of aryl methyl sites for hydroxylation is 1. The van der Waals surface area contributed by atoms with E-state index in [0.717, 1.165) is 42.6 Å². The van der Waals surface area contributed by atoms with Crippen molar-refractivity contribution in [3.63, 3.8) is 0 Å². The maximum atomic E-state index is 12.1. The van der Waals surface area contributed by atoms with Crippen molar-refractivity contribution in [2.75, 3.05) is 20.2 Å². The fourth-order valence-electron chi connectivity index (χ4n) is 2.91. The summed E-state index contributed by atoms with van der Waals surface area (Å²) in [5.41, 5.74) is 1.31. The average molecular weight is 300 g/mol. The number of nitrogens with one attached hydrogen (secondary N) is 1. The first-order chi connectivity index (χ1) is 10.7. The van der Waals surface area contributed by atoms with Gasteiger partial charge in [0, 0.05) is 36.0 Å². The molecule has 0 unspecified atom stereocenters. The smallest absolute Gasteiger partial charge is 0.251 e. The van der Waals surface area contributed by atoms with E-state index in [-0.39, 0.29) is 11.5 Å². The number of amides is 1. The lowest BCUT2D eigenvalue weighted by Gasteiger charge is -2.14. The van der Waals surface area contributed by atoms with E-state index >= 15 is 0 Å². The summed E-state index contributed by atoms with van der Waals surface area (Å²) in [6, 6.07) is 7.38. The zero-order valence-corrected chi connectivity index (χ0v) is 12.7. The molecule has 0 aliphatic carbocycles. The normalized spacial score (nSPS) is 14.5. The Kier molecular flexibility index (Phi) is 4.13. The topological polar surface area (TPSA) is 62.4 Å². The van der Waals surface area contributed by atoms with E-state index in [4.69, 9.17) is 4.74 Å². The molecular weight excluding hydrogens is 280 g/mol. The minimum Gasteiger partial charge on any atom is -0.497 e. The van der Waals surface area contributed by atoms with Crippen LogP contribution in [0.1, 0.15) is 24.8 Å². The largest absolute Gasteiger partial charge is 0.497 e. The molecule has 1 aliphatic heterocycles. The van der Waals surface area contributed by atoms with Crippen LogP contribution in [0.25, 0.3) is 10.9 Å². The molecule has 2 aromatic rings. The zero-order chi connectivity index (χ0) is 15.5. The molecule has 1 fully saturated rings. The lowest BCUT2D eigenvalue weighted by Crippen LogP contribution is -2.28. The second kappa shape index (κ2) is 6.22. The van der Waals surface area contributed by atoms with Gasteiger partial charge in [0.25, 0.3) is 5.56 Å². The molecule has 1 saturated heterocycles. The quantitative estimate of drug-likeness (QED) is 0.940. The number of hydrogen-bond acceptors (Lipinski definition) is 3. The Morgan fingerprint density at radius 1 is 1.27 bits per heavy atom. The number of nitrogens with zero attached hydrogens (tertiary/aromatic N) is 1. The minimum absolute atomic E-state index is 0.119. The van der Waals surface area contributed by atoms with Crippen molar-refractivity contribution in [1.82, 2.24) is 9.88 Å². The lowest BCUT2D eigenvalue weighted by molar-refractivity contribution is -0.130. The van der Waals surface area contributed by atoms with Crippen LogP contribution in [0.3, 0.4) is 0 Å². The van der Waals surface area contributed by atoms with Gasteiger partial charge in [-0.25, -0.2) is 0 Å². The number of H-pyrrole nitrogens is 1. The highest BCUT2D eigenvalue weighted by Gasteiger charge is 2.18. The highest BCUT2D eigenvalue weighted by molar-refractivity contribution is 5.81. The van der Waals surface area contributed by atoms with Crippen molar-refractivity contribution in [2.24, 2.45) is 0 Å². The van der Waals surface area contributed by atoms with Crippen molar-refractivity contribution in [2.45, 2.75) is 25.7 Å². The minimum atomic E-state index is -0.119. The molecule has 1 N–H and O–H groups in total. The summed E-state index contributed by atoms with van der Waals surface area (Å²) >= 11 is 0. The summed E-state index contributed by atoms with van der Waals surface area (Å²) in [4.78, 5) is 29.0. The molecule has 3 rings (SSSR count). The molecule has 2 heterocycles. The van der Waals surface area contributed by atoms with E-state index in [1.807, 2.05) is 29.2 Å². The van der Waals surface area contributed by atoms with E-state index in [1.165, 1.54) is 0 Å². The van der Waals surface area contributed by atoms with Crippen LogP contribution in [0.5, 0.6) is 5.75 Å². The molecule has 0 saturated carbocycles.